The van der Waals surface area contributed by atoms with Gasteiger partial charge >= 0.3 is 6.03 Å². The number of rotatable bonds is 4. The molecule has 0 bridgehead atoms. The third kappa shape index (κ3) is 3.61. The van der Waals surface area contributed by atoms with Crippen LogP contribution in [0.1, 0.15) is 6.42 Å². The Morgan fingerprint density at radius 3 is 3.15 bits per heavy atom. The lowest BCUT2D eigenvalue weighted by molar-refractivity contribution is 0.160. The number of carbonyl (C=O) groups excluding carboxylic acids is 1. The zero-order valence-corrected chi connectivity index (χ0v) is 7.95. The van der Waals surface area contributed by atoms with Gasteiger partial charge in [-0.05, 0) is 6.42 Å². The van der Waals surface area contributed by atoms with Crippen LogP contribution in [0.2, 0.25) is 0 Å². The number of hydrogen-bond acceptors (Lipinski definition) is 3. The van der Waals surface area contributed by atoms with Crippen LogP contribution >= 0.6 is 0 Å². The maximum absolute atomic E-state index is 10.5. The molecular formula is C8H17N3O2. The smallest absolute Gasteiger partial charge is 0.312 e. The van der Waals surface area contributed by atoms with Crippen molar-refractivity contribution in [3.8, 4) is 0 Å². The Kier molecular flexibility index (Phi) is 3.98. The fourth-order valence-electron chi connectivity index (χ4n) is 1.58. The highest BCUT2D eigenvalue weighted by atomic mass is 16.5. The SMILES string of the molecule is COCCN1CCC(NC(N)=O)C1. The molecule has 0 aromatic heterocycles. The lowest BCUT2D eigenvalue weighted by Gasteiger charge is -2.15. The van der Waals surface area contributed by atoms with Gasteiger partial charge in [0, 0.05) is 32.8 Å². The molecule has 1 unspecified atom stereocenters. The van der Waals surface area contributed by atoms with E-state index in [2.05, 4.69) is 10.2 Å². The fourth-order valence-corrected chi connectivity index (χ4v) is 1.58. The molecule has 1 atom stereocenters. The first-order valence-corrected chi connectivity index (χ1v) is 4.49. The van der Waals surface area contributed by atoms with Crippen molar-refractivity contribution >= 4 is 6.03 Å². The summed E-state index contributed by atoms with van der Waals surface area (Å²) in [4.78, 5) is 12.8. The Hall–Kier alpha value is -0.810. The summed E-state index contributed by atoms with van der Waals surface area (Å²) >= 11 is 0. The molecule has 1 aliphatic rings. The molecule has 5 nitrogen and oxygen atoms in total. The van der Waals surface area contributed by atoms with Gasteiger partial charge in [-0.3, -0.25) is 4.90 Å². The average molecular weight is 187 g/mol. The average Bonchev–Trinajstić information content (AvgIpc) is 2.48. The van der Waals surface area contributed by atoms with Crippen molar-refractivity contribution in [1.29, 1.82) is 0 Å². The Morgan fingerprint density at radius 2 is 2.54 bits per heavy atom. The molecule has 2 amide bonds. The van der Waals surface area contributed by atoms with E-state index in [-0.39, 0.29) is 6.04 Å². The van der Waals surface area contributed by atoms with Gasteiger partial charge in [0.05, 0.1) is 6.61 Å². The van der Waals surface area contributed by atoms with Crippen LogP contribution in [0, 0.1) is 0 Å². The van der Waals surface area contributed by atoms with E-state index in [0.717, 1.165) is 32.7 Å². The van der Waals surface area contributed by atoms with Crippen LogP contribution in [0.25, 0.3) is 0 Å². The van der Waals surface area contributed by atoms with Crippen LogP contribution in [0.15, 0.2) is 0 Å². The second-order valence-corrected chi connectivity index (χ2v) is 3.29. The van der Waals surface area contributed by atoms with Gasteiger partial charge in [0.25, 0.3) is 0 Å². The number of likely N-dealkylation sites (tertiary alicyclic amines) is 1. The lowest BCUT2D eigenvalue weighted by Crippen LogP contribution is -2.40. The Labute approximate surface area is 78.2 Å². The molecular weight excluding hydrogens is 170 g/mol. The molecule has 3 N–H and O–H groups in total. The van der Waals surface area contributed by atoms with Gasteiger partial charge in [0.2, 0.25) is 0 Å². The molecule has 1 aliphatic heterocycles. The molecule has 5 heteroatoms. The summed E-state index contributed by atoms with van der Waals surface area (Å²) in [5.74, 6) is 0. The van der Waals surface area contributed by atoms with E-state index in [1.807, 2.05) is 0 Å². The minimum atomic E-state index is -0.432. The summed E-state index contributed by atoms with van der Waals surface area (Å²) in [5, 5.41) is 2.70. The normalized spacial score (nSPS) is 23.3. The Bertz CT molecular complexity index is 175. The van der Waals surface area contributed by atoms with E-state index in [9.17, 15) is 4.79 Å². The van der Waals surface area contributed by atoms with Crippen LogP contribution in [0.4, 0.5) is 4.79 Å². The van der Waals surface area contributed by atoms with E-state index in [4.69, 9.17) is 10.5 Å². The number of nitrogens with zero attached hydrogens (tertiary/aromatic N) is 1. The van der Waals surface area contributed by atoms with Crippen LogP contribution in [0.3, 0.4) is 0 Å². The van der Waals surface area contributed by atoms with Crippen molar-refractivity contribution in [2.75, 3.05) is 33.4 Å². The number of amides is 2. The molecule has 1 saturated heterocycles. The fraction of sp³-hybridized carbons (Fsp3) is 0.875. The van der Waals surface area contributed by atoms with Gasteiger partial charge in [0.15, 0.2) is 0 Å². The van der Waals surface area contributed by atoms with Crippen LogP contribution in [0.5, 0.6) is 0 Å². The summed E-state index contributed by atoms with van der Waals surface area (Å²) in [6.07, 6.45) is 0.979. The highest BCUT2D eigenvalue weighted by Gasteiger charge is 2.22. The second kappa shape index (κ2) is 5.04. The number of urea groups is 1. The maximum atomic E-state index is 10.5. The van der Waals surface area contributed by atoms with Crippen molar-refractivity contribution in [3.63, 3.8) is 0 Å². The number of primary amides is 1. The largest absolute Gasteiger partial charge is 0.383 e. The van der Waals surface area contributed by atoms with Gasteiger partial charge in [-0.2, -0.15) is 0 Å². The molecule has 1 heterocycles. The monoisotopic (exact) mass is 187 g/mol. The number of hydrogen-bond donors (Lipinski definition) is 2. The minimum absolute atomic E-state index is 0.217. The van der Waals surface area contributed by atoms with Gasteiger partial charge in [0.1, 0.15) is 0 Å². The van der Waals surface area contributed by atoms with E-state index < -0.39 is 6.03 Å². The second-order valence-electron chi connectivity index (χ2n) is 3.29. The predicted octanol–water partition coefficient (Wildman–Crippen LogP) is -0.625. The summed E-state index contributed by atoms with van der Waals surface area (Å²) < 4.78 is 4.97. The van der Waals surface area contributed by atoms with Gasteiger partial charge < -0.3 is 15.8 Å². The van der Waals surface area contributed by atoms with Gasteiger partial charge in [-0.1, -0.05) is 0 Å². The van der Waals surface area contributed by atoms with E-state index >= 15 is 0 Å². The Balaban J connectivity index is 2.16. The minimum Gasteiger partial charge on any atom is -0.383 e. The molecule has 0 radical (unpaired) electrons. The summed E-state index contributed by atoms with van der Waals surface area (Å²) in [6, 6.07) is -0.215. The number of nitrogens with one attached hydrogen (secondary N) is 1. The van der Waals surface area contributed by atoms with Crippen molar-refractivity contribution in [3.05, 3.63) is 0 Å². The van der Waals surface area contributed by atoms with E-state index in [1.54, 1.807) is 7.11 Å². The maximum Gasteiger partial charge on any atom is 0.312 e. The lowest BCUT2D eigenvalue weighted by atomic mass is 10.3. The summed E-state index contributed by atoms with van der Waals surface area (Å²) in [7, 11) is 1.69. The highest BCUT2D eigenvalue weighted by molar-refractivity contribution is 5.72. The summed E-state index contributed by atoms with van der Waals surface area (Å²) in [5.41, 5.74) is 5.02. The van der Waals surface area contributed by atoms with E-state index in [0.29, 0.717) is 0 Å². The highest BCUT2D eigenvalue weighted by Crippen LogP contribution is 2.07. The van der Waals surface area contributed by atoms with Crippen LogP contribution in [-0.4, -0.2) is 50.3 Å². The summed E-state index contributed by atoms with van der Waals surface area (Å²) in [6.45, 7) is 3.55. The first-order chi connectivity index (χ1) is 6.22. The van der Waals surface area contributed by atoms with Crippen molar-refractivity contribution in [2.45, 2.75) is 12.5 Å². The molecule has 1 fully saturated rings. The molecule has 1 rings (SSSR count). The molecule has 76 valence electrons. The van der Waals surface area contributed by atoms with E-state index in [1.165, 1.54) is 0 Å². The number of carbonyl (C=O) groups is 1. The first kappa shape index (κ1) is 10.3. The predicted molar refractivity (Wildman–Crippen MR) is 49.4 cm³/mol. The van der Waals surface area contributed by atoms with Gasteiger partial charge in [-0.15, -0.1) is 0 Å². The van der Waals surface area contributed by atoms with Crippen LogP contribution < -0.4 is 11.1 Å². The van der Waals surface area contributed by atoms with Crippen molar-refractivity contribution in [2.24, 2.45) is 5.73 Å². The molecule has 0 aromatic rings. The standard InChI is InChI=1S/C8H17N3O2/c1-13-5-4-11-3-2-7(6-11)10-8(9)12/h7H,2-6H2,1H3,(H3,9,10,12). The topological polar surface area (TPSA) is 67.6 Å². The van der Waals surface area contributed by atoms with Crippen molar-refractivity contribution < 1.29 is 9.53 Å². The molecule has 0 aliphatic carbocycles. The third-order valence-electron chi connectivity index (χ3n) is 2.23. The number of ether oxygens (including phenoxy) is 1. The molecule has 0 aromatic carbocycles. The molecule has 0 saturated carbocycles. The zero-order valence-electron chi connectivity index (χ0n) is 7.95. The van der Waals surface area contributed by atoms with Gasteiger partial charge in [-0.25, -0.2) is 4.79 Å². The first-order valence-electron chi connectivity index (χ1n) is 4.49. The van der Waals surface area contributed by atoms with Crippen LogP contribution in [-0.2, 0) is 4.74 Å². The quantitative estimate of drug-likeness (QED) is 0.616. The molecule has 13 heavy (non-hydrogen) atoms. The molecule has 0 spiro atoms. The Morgan fingerprint density at radius 1 is 1.77 bits per heavy atom. The third-order valence-corrected chi connectivity index (χ3v) is 2.23. The zero-order chi connectivity index (χ0) is 9.68. The van der Waals surface area contributed by atoms with Crippen molar-refractivity contribution in [1.82, 2.24) is 10.2 Å². The number of nitrogens with two attached hydrogens (primary N) is 1. The number of methoxy groups -OCH3 is 1.